The first-order chi connectivity index (χ1) is 7.65. The van der Waals surface area contributed by atoms with Gasteiger partial charge in [-0.15, -0.1) is 0 Å². The zero-order chi connectivity index (χ0) is 11.7. The van der Waals surface area contributed by atoms with Crippen LogP contribution < -0.4 is 0 Å². The Hall–Kier alpha value is -0.710. The van der Waals surface area contributed by atoms with E-state index in [-0.39, 0.29) is 24.4 Å². The predicted octanol–water partition coefficient (Wildman–Crippen LogP) is 1.21. The quantitative estimate of drug-likeness (QED) is 0.576. The van der Waals surface area contributed by atoms with E-state index >= 15 is 0 Å². The summed E-state index contributed by atoms with van der Waals surface area (Å²) in [6.07, 6.45) is 2.78. The minimum absolute atomic E-state index is 0.177. The topological polar surface area (TPSA) is 63.6 Å². The van der Waals surface area contributed by atoms with Gasteiger partial charge in [-0.1, -0.05) is 0 Å². The van der Waals surface area contributed by atoms with Crippen LogP contribution >= 0.6 is 12.6 Å². The maximum Gasteiger partial charge on any atom is 0.310 e. The number of carbonyl (C=O) groups excluding carboxylic acids is 1. The van der Waals surface area contributed by atoms with Crippen molar-refractivity contribution in [3.63, 3.8) is 0 Å². The Balaban J connectivity index is 2.06. The summed E-state index contributed by atoms with van der Waals surface area (Å²) in [4.78, 5) is 22.9. The van der Waals surface area contributed by atoms with Crippen molar-refractivity contribution < 1.29 is 19.4 Å². The van der Waals surface area contributed by atoms with Crippen LogP contribution in [0.25, 0.3) is 0 Å². The third-order valence-corrected chi connectivity index (χ3v) is 3.99. The largest absolute Gasteiger partial charge is 0.481 e. The molecule has 0 heterocycles. The zero-order valence-corrected chi connectivity index (χ0v) is 9.86. The Morgan fingerprint density at radius 1 is 1.25 bits per heavy atom. The van der Waals surface area contributed by atoms with Crippen LogP contribution in [-0.4, -0.2) is 29.4 Å². The molecular weight excluding hydrogens is 228 g/mol. The van der Waals surface area contributed by atoms with Gasteiger partial charge in [0, 0.05) is 5.75 Å². The first-order valence-electron chi connectivity index (χ1n) is 5.65. The number of ether oxygens (including phenoxy) is 1. The summed E-state index contributed by atoms with van der Waals surface area (Å²) in [5, 5.41) is 9.16. The molecular formula is C11H16O4S. The summed E-state index contributed by atoms with van der Waals surface area (Å²) in [5.74, 6) is -1.25. The summed E-state index contributed by atoms with van der Waals surface area (Å²) in [6.45, 7) is 0.266. The molecule has 2 rings (SSSR count). The molecule has 4 unspecified atom stereocenters. The fraction of sp³-hybridized carbons (Fsp3) is 0.818. The second-order valence-corrected chi connectivity index (χ2v) is 5.06. The molecule has 0 aromatic rings. The van der Waals surface area contributed by atoms with Gasteiger partial charge in [0.05, 0.1) is 11.8 Å². The van der Waals surface area contributed by atoms with Crippen molar-refractivity contribution in [3.8, 4) is 0 Å². The van der Waals surface area contributed by atoms with Crippen LogP contribution in [-0.2, 0) is 14.3 Å². The Kier molecular flexibility index (Phi) is 3.42. The highest BCUT2D eigenvalue weighted by atomic mass is 32.1. The van der Waals surface area contributed by atoms with Crippen LogP contribution in [0, 0.1) is 23.7 Å². The number of carboxylic acids is 1. The minimum Gasteiger partial charge on any atom is -0.481 e. The Bertz CT molecular complexity index is 304. The molecule has 0 aromatic heterocycles. The number of fused-ring (bicyclic) bond motifs is 2. The first-order valence-corrected chi connectivity index (χ1v) is 6.28. The molecule has 1 N–H and O–H groups in total. The van der Waals surface area contributed by atoms with Crippen molar-refractivity contribution in [2.45, 2.75) is 19.3 Å². The van der Waals surface area contributed by atoms with E-state index in [1.807, 2.05) is 0 Å². The van der Waals surface area contributed by atoms with Crippen molar-refractivity contribution in [1.82, 2.24) is 0 Å². The molecule has 2 aliphatic carbocycles. The van der Waals surface area contributed by atoms with E-state index in [1.165, 1.54) is 0 Å². The highest BCUT2D eigenvalue weighted by molar-refractivity contribution is 7.80. The van der Waals surface area contributed by atoms with Crippen molar-refractivity contribution in [3.05, 3.63) is 0 Å². The number of hydrogen-bond acceptors (Lipinski definition) is 4. The van der Waals surface area contributed by atoms with E-state index in [0.717, 1.165) is 19.3 Å². The van der Waals surface area contributed by atoms with Gasteiger partial charge in [-0.05, 0) is 31.1 Å². The Morgan fingerprint density at radius 3 is 2.44 bits per heavy atom. The smallest absolute Gasteiger partial charge is 0.310 e. The maximum atomic E-state index is 11.8. The van der Waals surface area contributed by atoms with Crippen LogP contribution in [0.5, 0.6) is 0 Å². The summed E-state index contributed by atoms with van der Waals surface area (Å²) >= 11 is 3.96. The SMILES string of the molecule is O=C(O)C1C2CCC(C2)C1C(=O)OCCS. The van der Waals surface area contributed by atoms with Crippen LogP contribution in [0.1, 0.15) is 19.3 Å². The summed E-state index contributed by atoms with van der Waals surface area (Å²) < 4.78 is 5.03. The lowest BCUT2D eigenvalue weighted by Gasteiger charge is -2.26. The number of hydrogen-bond donors (Lipinski definition) is 2. The van der Waals surface area contributed by atoms with Crippen molar-refractivity contribution in [1.29, 1.82) is 0 Å². The molecule has 90 valence electrons. The molecule has 2 fully saturated rings. The average Bonchev–Trinajstić information content (AvgIpc) is 2.84. The minimum atomic E-state index is -0.847. The highest BCUT2D eigenvalue weighted by Crippen LogP contribution is 2.52. The molecule has 0 aromatic carbocycles. The average molecular weight is 244 g/mol. The van der Waals surface area contributed by atoms with E-state index in [1.54, 1.807) is 0 Å². The van der Waals surface area contributed by atoms with Gasteiger partial charge in [0.15, 0.2) is 0 Å². The molecule has 16 heavy (non-hydrogen) atoms. The first kappa shape index (κ1) is 11.8. The van der Waals surface area contributed by atoms with Gasteiger partial charge < -0.3 is 9.84 Å². The number of esters is 1. The second kappa shape index (κ2) is 4.65. The third kappa shape index (κ3) is 1.93. The van der Waals surface area contributed by atoms with Gasteiger partial charge in [-0.25, -0.2) is 0 Å². The maximum absolute atomic E-state index is 11.8. The van der Waals surface area contributed by atoms with E-state index < -0.39 is 17.8 Å². The van der Waals surface area contributed by atoms with Crippen molar-refractivity contribution in [2.24, 2.45) is 23.7 Å². The van der Waals surface area contributed by atoms with Crippen molar-refractivity contribution >= 4 is 24.6 Å². The number of carbonyl (C=O) groups is 2. The van der Waals surface area contributed by atoms with Gasteiger partial charge in [-0.3, -0.25) is 9.59 Å². The fourth-order valence-electron chi connectivity index (χ4n) is 3.23. The molecule has 4 atom stereocenters. The van der Waals surface area contributed by atoms with E-state index in [9.17, 15) is 9.59 Å². The molecule has 5 heteroatoms. The lowest BCUT2D eigenvalue weighted by molar-refractivity contribution is -0.159. The lowest BCUT2D eigenvalue weighted by atomic mass is 9.79. The summed E-state index contributed by atoms with van der Waals surface area (Å²) in [7, 11) is 0. The number of carboxylic acid groups (broad SMARTS) is 1. The van der Waals surface area contributed by atoms with Gasteiger partial charge in [0.1, 0.15) is 6.61 Å². The van der Waals surface area contributed by atoms with Gasteiger partial charge in [0.25, 0.3) is 0 Å². The van der Waals surface area contributed by atoms with Crippen molar-refractivity contribution in [2.75, 3.05) is 12.4 Å². The fourth-order valence-corrected chi connectivity index (χ4v) is 3.32. The van der Waals surface area contributed by atoms with Gasteiger partial charge in [-0.2, -0.15) is 12.6 Å². The van der Waals surface area contributed by atoms with Crippen LogP contribution in [0.3, 0.4) is 0 Å². The van der Waals surface area contributed by atoms with Gasteiger partial charge >= 0.3 is 11.9 Å². The van der Waals surface area contributed by atoms with E-state index in [2.05, 4.69) is 12.6 Å². The highest BCUT2D eigenvalue weighted by Gasteiger charge is 2.54. The lowest BCUT2D eigenvalue weighted by Crippen LogP contribution is -2.36. The summed E-state index contributed by atoms with van der Waals surface area (Å²) in [5.41, 5.74) is 0. The number of aliphatic carboxylic acids is 1. The number of thiol groups is 1. The molecule has 0 saturated heterocycles. The molecule has 0 aliphatic heterocycles. The van der Waals surface area contributed by atoms with E-state index in [4.69, 9.17) is 9.84 Å². The molecule has 4 nitrogen and oxygen atoms in total. The Morgan fingerprint density at radius 2 is 1.88 bits per heavy atom. The molecule has 0 amide bonds. The van der Waals surface area contributed by atoms with Crippen LogP contribution in [0.2, 0.25) is 0 Å². The van der Waals surface area contributed by atoms with E-state index in [0.29, 0.717) is 5.75 Å². The second-order valence-electron chi connectivity index (χ2n) is 4.61. The monoisotopic (exact) mass is 244 g/mol. The number of rotatable bonds is 4. The van der Waals surface area contributed by atoms with Crippen LogP contribution in [0.15, 0.2) is 0 Å². The predicted molar refractivity (Wildman–Crippen MR) is 60.3 cm³/mol. The molecule has 0 spiro atoms. The normalized spacial score (nSPS) is 36.3. The third-order valence-electron chi connectivity index (χ3n) is 3.81. The molecule has 2 saturated carbocycles. The molecule has 2 aliphatic rings. The molecule has 0 radical (unpaired) electrons. The standard InChI is InChI=1S/C11H16O4S/c12-10(13)8-6-1-2-7(5-6)9(8)11(14)15-3-4-16/h6-9,16H,1-5H2,(H,12,13). The summed E-state index contributed by atoms with van der Waals surface area (Å²) in [6, 6.07) is 0. The van der Waals surface area contributed by atoms with Crippen LogP contribution in [0.4, 0.5) is 0 Å². The Labute approximate surface area is 99.8 Å². The molecule has 2 bridgehead atoms. The van der Waals surface area contributed by atoms with Gasteiger partial charge in [0.2, 0.25) is 0 Å². The zero-order valence-electron chi connectivity index (χ0n) is 8.96.